The normalized spacial score (nSPS) is 19.6. The van der Waals surface area contributed by atoms with E-state index >= 15 is 0 Å². The van der Waals surface area contributed by atoms with E-state index in [2.05, 4.69) is 0 Å². The zero-order chi connectivity index (χ0) is 15.9. The molecule has 0 aromatic heterocycles. The molecule has 0 spiro atoms. The van der Waals surface area contributed by atoms with E-state index in [9.17, 15) is 18.3 Å². The van der Waals surface area contributed by atoms with Crippen molar-refractivity contribution in [1.29, 1.82) is 0 Å². The van der Waals surface area contributed by atoms with E-state index in [1.807, 2.05) is 0 Å². The first-order chi connectivity index (χ1) is 10.4. The van der Waals surface area contributed by atoms with Crippen LogP contribution in [0.2, 0.25) is 5.02 Å². The number of halogens is 1. The smallest absolute Gasteiger partial charge is 0.322 e. The van der Waals surface area contributed by atoms with Gasteiger partial charge in [0.05, 0.1) is 4.90 Å². The Morgan fingerprint density at radius 2 is 1.86 bits per heavy atom. The van der Waals surface area contributed by atoms with Crippen molar-refractivity contribution >= 4 is 38.4 Å². The molecular formula is C15H14ClNO4S. The standard InChI is InChI=1S/C15H14ClNO4S/c16-12-7-8-14(11-5-2-1-4-10(11)12)22(20,21)17-9-3-6-13(17)15(18)19/h1-2,4-5,7-8,13H,3,6,9H2,(H,18,19). The third-order valence-electron chi connectivity index (χ3n) is 3.91. The van der Waals surface area contributed by atoms with Crippen molar-refractivity contribution in [2.45, 2.75) is 23.8 Å². The minimum Gasteiger partial charge on any atom is -0.480 e. The van der Waals surface area contributed by atoms with Crippen LogP contribution in [-0.4, -0.2) is 36.4 Å². The first kappa shape index (κ1) is 15.3. The number of hydrogen-bond acceptors (Lipinski definition) is 3. The molecule has 22 heavy (non-hydrogen) atoms. The zero-order valence-electron chi connectivity index (χ0n) is 11.6. The van der Waals surface area contributed by atoms with Crippen LogP contribution in [0.5, 0.6) is 0 Å². The van der Waals surface area contributed by atoms with Crippen LogP contribution in [0.4, 0.5) is 0 Å². The van der Waals surface area contributed by atoms with E-state index in [1.54, 1.807) is 24.3 Å². The molecule has 0 radical (unpaired) electrons. The lowest BCUT2D eigenvalue weighted by atomic mass is 10.1. The van der Waals surface area contributed by atoms with Gasteiger partial charge < -0.3 is 5.11 Å². The Balaban J connectivity index is 2.18. The highest BCUT2D eigenvalue weighted by atomic mass is 35.5. The van der Waals surface area contributed by atoms with Gasteiger partial charge in [0, 0.05) is 22.3 Å². The van der Waals surface area contributed by atoms with E-state index in [1.165, 1.54) is 12.1 Å². The first-order valence-corrected chi connectivity index (χ1v) is 8.66. The number of nitrogens with zero attached hydrogens (tertiary/aromatic N) is 1. The third kappa shape index (κ3) is 2.37. The number of carboxylic acids is 1. The molecule has 0 aliphatic carbocycles. The molecule has 0 bridgehead atoms. The molecule has 2 aromatic carbocycles. The Morgan fingerprint density at radius 1 is 1.18 bits per heavy atom. The lowest BCUT2D eigenvalue weighted by Gasteiger charge is -2.22. The van der Waals surface area contributed by atoms with Crippen LogP contribution in [0, 0.1) is 0 Å². The van der Waals surface area contributed by atoms with Gasteiger partial charge in [-0.2, -0.15) is 4.31 Å². The van der Waals surface area contributed by atoms with Gasteiger partial charge in [0.1, 0.15) is 6.04 Å². The molecule has 1 N–H and O–H groups in total. The summed E-state index contributed by atoms with van der Waals surface area (Å²) in [6, 6.07) is 8.91. The van der Waals surface area contributed by atoms with E-state index in [4.69, 9.17) is 11.6 Å². The monoisotopic (exact) mass is 339 g/mol. The minimum absolute atomic E-state index is 0.0978. The maximum atomic E-state index is 12.9. The fourth-order valence-corrected chi connectivity index (χ4v) is 4.94. The number of aliphatic carboxylic acids is 1. The molecule has 116 valence electrons. The van der Waals surface area contributed by atoms with Crippen molar-refractivity contribution in [3.05, 3.63) is 41.4 Å². The Bertz CT molecular complexity index is 850. The molecule has 1 heterocycles. The number of carbonyl (C=O) groups is 1. The summed E-state index contributed by atoms with van der Waals surface area (Å²) in [5.74, 6) is -1.11. The summed E-state index contributed by atoms with van der Waals surface area (Å²) >= 11 is 6.12. The number of fused-ring (bicyclic) bond motifs is 1. The van der Waals surface area contributed by atoms with Gasteiger partial charge in [-0.05, 0) is 25.0 Å². The fraction of sp³-hybridized carbons (Fsp3) is 0.267. The summed E-state index contributed by atoms with van der Waals surface area (Å²) in [7, 11) is -3.88. The largest absolute Gasteiger partial charge is 0.480 e. The zero-order valence-corrected chi connectivity index (χ0v) is 13.1. The van der Waals surface area contributed by atoms with Gasteiger partial charge >= 0.3 is 5.97 Å². The minimum atomic E-state index is -3.88. The Labute approximate surface area is 133 Å². The predicted octanol–water partition coefficient (Wildman–Crippen LogP) is 2.73. The maximum Gasteiger partial charge on any atom is 0.322 e. The second kappa shape index (κ2) is 5.53. The van der Waals surface area contributed by atoms with Gasteiger partial charge in [-0.25, -0.2) is 8.42 Å². The molecule has 1 aliphatic heterocycles. The summed E-state index contributed by atoms with van der Waals surface area (Å²) in [4.78, 5) is 11.4. The van der Waals surface area contributed by atoms with Crippen LogP contribution in [0.3, 0.4) is 0 Å². The van der Waals surface area contributed by atoms with Crippen LogP contribution in [-0.2, 0) is 14.8 Å². The van der Waals surface area contributed by atoms with Crippen LogP contribution in [0.1, 0.15) is 12.8 Å². The highest BCUT2D eigenvalue weighted by molar-refractivity contribution is 7.89. The molecule has 1 aliphatic rings. The molecule has 3 rings (SSSR count). The SMILES string of the molecule is O=C(O)C1CCCN1S(=O)(=O)c1ccc(Cl)c2ccccc12. The van der Waals surface area contributed by atoms with E-state index in [0.717, 1.165) is 4.31 Å². The summed E-state index contributed by atoms with van der Waals surface area (Å²) in [6.07, 6.45) is 0.877. The van der Waals surface area contributed by atoms with E-state index in [-0.39, 0.29) is 11.4 Å². The van der Waals surface area contributed by atoms with Crippen molar-refractivity contribution in [1.82, 2.24) is 4.31 Å². The summed E-state index contributed by atoms with van der Waals surface area (Å²) in [5, 5.41) is 10.8. The lowest BCUT2D eigenvalue weighted by molar-refractivity contribution is -0.140. The number of benzene rings is 2. The van der Waals surface area contributed by atoms with Crippen LogP contribution in [0.25, 0.3) is 10.8 Å². The van der Waals surface area contributed by atoms with Crippen LogP contribution < -0.4 is 0 Å². The number of hydrogen-bond donors (Lipinski definition) is 1. The second-order valence-electron chi connectivity index (χ2n) is 5.20. The lowest BCUT2D eigenvalue weighted by Crippen LogP contribution is -2.40. The summed E-state index contributed by atoms with van der Waals surface area (Å²) < 4.78 is 26.9. The third-order valence-corrected chi connectivity index (χ3v) is 6.20. The van der Waals surface area contributed by atoms with Gasteiger partial charge in [0.25, 0.3) is 0 Å². The van der Waals surface area contributed by atoms with Crippen molar-refractivity contribution < 1.29 is 18.3 Å². The number of rotatable bonds is 3. The van der Waals surface area contributed by atoms with Crippen molar-refractivity contribution in [3.63, 3.8) is 0 Å². The predicted molar refractivity (Wildman–Crippen MR) is 83.5 cm³/mol. The molecule has 2 aromatic rings. The first-order valence-electron chi connectivity index (χ1n) is 6.85. The van der Waals surface area contributed by atoms with Crippen LogP contribution >= 0.6 is 11.6 Å². The molecule has 5 nitrogen and oxygen atoms in total. The Kier molecular flexibility index (Phi) is 3.84. The van der Waals surface area contributed by atoms with Gasteiger partial charge in [-0.15, -0.1) is 0 Å². The average molecular weight is 340 g/mol. The Morgan fingerprint density at radius 3 is 2.55 bits per heavy atom. The van der Waals surface area contributed by atoms with Crippen molar-refractivity contribution in [2.75, 3.05) is 6.54 Å². The summed E-state index contributed by atoms with van der Waals surface area (Å²) in [6.45, 7) is 0.219. The quantitative estimate of drug-likeness (QED) is 0.933. The van der Waals surface area contributed by atoms with Crippen molar-refractivity contribution in [3.8, 4) is 0 Å². The van der Waals surface area contributed by atoms with Gasteiger partial charge in [-0.3, -0.25) is 4.79 Å². The molecule has 1 unspecified atom stereocenters. The number of carboxylic acid groups (broad SMARTS) is 1. The molecule has 1 saturated heterocycles. The number of sulfonamides is 1. The topological polar surface area (TPSA) is 74.7 Å². The van der Waals surface area contributed by atoms with Gasteiger partial charge in [0.2, 0.25) is 10.0 Å². The van der Waals surface area contributed by atoms with Crippen LogP contribution in [0.15, 0.2) is 41.3 Å². The molecular weight excluding hydrogens is 326 g/mol. The average Bonchev–Trinajstić information content (AvgIpc) is 2.98. The maximum absolute atomic E-state index is 12.9. The molecule has 1 fully saturated rings. The second-order valence-corrected chi connectivity index (χ2v) is 7.47. The molecule has 7 heteroatoms. The highest BCUT2D eigenvalue weighted by Crippen LogP contribution is 2.33. The molecule has 0 amide bonds. The van der Waals surface area contributed by atoms with E-state index in [0.29, 0.717) is 28.6 Å². The van der Waals surface area contributed by atoms with E-state index < -0.39 is 22.0 Å². The summed E-state index contributed by atoms with van der Waals surface area (Å²) in [5.41, 5.74) is 0. The fourth-order valence-electron chi connectivity index (χ4n) is 2.86. The van der Waals surface area contributed by atoms with Gasteiger partial charge in [0.15, 0.2) is 0 Å². The Hall–Kier alpha value is -1.63. The molecule has 0 saturated carbocycles. The molecule has 1 atom stereocenters. The van der Waals surface area contributed by atoms with Gasteiger partial charge in [-0.1, -0.05) is 35.9 Å². The van der Waals surface area contributed by atoms with Crippen molar-refractivity contribution in [2.24, 2.45) is 0 Å². The highest BCUT2D eigenvalue weighted by Gasteiger charge is 2.40.